The lowest BCUT2D eigenvalue weighted by atomic mass is 10.3. The highest BCUT2D eigenvalue weighted by Crippen LogP contribution is 2.21. The minimum absolute atomic E-state index is 0.0766. The summed E-state index contributed by atoms with van der Waals surface area (Å²) in [6.07, 6.45) is 1.49. The summed E-state index contributed by atoms with van der Waals surface area (Å²) in [6.45, 7) is 2.80. The number of hydrogen-bond donors (Lipinski definition) is 2. The molecule has 0 saturated heterocycles. The standard InChI is InChI=1S/C13H17N7O4/c1-7-12(20(23)24)8(2)19(16-7)6-10(21)15-9-5-18(4)17-11(9)13(22)14-3/h5H,6H2,1-4H3,(H,14,22)(H,15,21). The van der Waals surface area contributed by atoms with Gasteiger partial charge in [-0.05, 0) is 13.8 Å². The molecule has 0 saturated carbocycles. The number of hydrogen-bond acceptors (Lipinski definition) is 6. The van der Waals surface area contributed by atoms with Crippen LogP contribution in [0.1, 0.15) is 21.9 Å². The zero-order valence-corrected chi connectivity index (χ0v) is 13.7. The molecule has 2 aromatic rings. The Morgan fingerprint density at radius 2 is 2.00 bits per heavy atom. The van der Waals surface area contributed by atoms with Crippen molar-refractivity contribution >= 4 is 23.2 Å². The maximum Gasteiger partial charge on any atom is 0.312 e. The van der Waals surface area contributed by atoms with Gasteiger partial charge in [0.05, 0.1) is 10.6 Å². The van der Waals surface area contributed by atoms with Gasteiger partial charge in [0.1, 0.15) is 17.9 Å². The molecule has 24 heavy (non-hydrogen) atoms. The Kier molecular flexibility index (Phi) is 4.62. The van der Waals surface area contributed by atoms with Gasteiger partial charge in [-0.2, -0.15) is 10.2 Å². The molecule has 11 nitrogen and oxygen atoms in total. The van der Waals surface area contributed by atoms with E-state index in [0.717, 1.165) is 0 Å². The molecule has 0 fully saturated rings. The summed E-state index contributed by atoms with van der Waals surface area (Å²) in [5.41, 5.74) is 0.726. The number of aromatic nitrogens is 4. The van der Waals surface area contributed by atoms with E-state index in [1.165, 1.54) is 36.5 Å². The third-order valence-electron chi connectivity index (χ3n) is 3.36. The first-order chi connectivity index (χ1) is 11.2. The number of nitrogens with one attached hydrogen (secondary N) is 2. The summed E-state index contributed by atoms with van der Waals surface area (Å²) in [6, 6.07) is 0. The number of amides is 2. The quantitative estimate of drug-likeness (QED) is 0.589. The van der Waals surface area contributed by atoms with E-state index in [-0.39, 0.29) is 35.0 Å². The fraction of sp³-hybridized carbons (Fsp3) is 0.385. The van der Waals surface area contributed by atoms with Crippen LogP contribution in [0.25, 0.3) is 0 Å². The molecule has 0 aliphatic carbocycles. The maximum absolute atomic E-state index is 12.2. The molecule has 2 aromatic heterocycles. The van der Waals surface area contributed by atoms with E-state index in [1.54, 1.807) is 7.05 Å². The average Bonchev–Trinajstić information content (AvgIpc) is 2.98. The molecule has 0 atom stereocenters. The summed E-state index contributed by atoms with van der Waals surface area (Å²) in [5.74, 6) is -0.915. The van der Waals surface area contributed by atoms with E-state index < -0.39 is 16.7 Å². The van der Waals surface area contributed by atoms with Crippen molar-refractivity contribution in [2.45, 2.75) is 20.4 Å². The van der Waals surface area contributed by atoms with Crippen molar-refractivity contribution < 1.29 is 14.5 Å². The summed E-state index contributed by atoms with van der Waals surface area (Å²) in [5, 5.41) is 24.0. The number of aryl methyl sites for hydroxylation is 2. The zero-order chi connectivity index (χ0) is 18.0. The number of anilines is 1. The predicted molar refractivity (Wildman–Crippen MR) is 83.6 cm³/mol. The summed E-state index contributed by atoms with van der Waals surface area (Å²) in [7, 11) is 3.07. The monoisotopic (exact) mass is 335 g/mol. The fourth-order valence-corrected chi connectivity index (χ4v) is 2.30. The van der Waals surface area contributed by atoms with Crippen LogP contribution in [0.3, 0.4) is 0 Å². The molecule has 0 spiro atoms. The highest BCUT2D eigenvalue weighted by molar-refractivity contribution is 6.02. The van der Waals surface area contributed by atoms with E-state index >= 15 is 0 Å². The molecule has 0 radical (unpaired) electrons. The SMILES string of the molecule is CNC(=O)c1nn(C)cc1NC(=O)Cn1nc(C)c([N+](=O)[O-])c1C. The van der Waals surface area contributed by atoms with Crippen molar-refractivity contribution in [2.75, 3.05) is 12.4 Å². The first kappa shape index (κ1) is 17.1. The van der Waals surface area contributed by atoms with E-state index in [4.69, 9.17) is 0 Å². The van der Waals surface area contributed by atoms with Crippen LogP contribution in [0, 0.1) is 24.0 Å². The van der Waals surface area contributed by atoms with Crippen LogP contribution in [-0.4, -0.2) is 43.3 Å². The van der Waals surface area contributed by atoms with Gasteiger partial charge in [-0.25, -0.2) is 0 Å². The molecular formula is C13H17N7O4. The lowest BCUT2D eigenvalue weighted by Crippen LogP contribution is -2.24. The van der Waals surface area contributed by atoms with Crippen LogP contribution < -0.4 is 10.6 Å². The van der Waals surface area contributed by atoms with Gasteiger partial charge in [-0.15, -0.1) is 0 Å². The van der Waals surface area contributed by atoms with Crippen molar-refractivity contribution in [3.05, 3.63) is 33.4 Å². The number of carbonyl (C=O) groups excluding carboxylic acids is 2. The molecule has 2 rings (SSSR count). The lowest BCUT2D eigenvalue weighted by Gasteiger charge is -2.06. The lowest BCUT2D eigenvalue weighted by molar-refractivity contribution is -0.386. The molecule has 128 valence electrons. The van der Waals surface area contributed by atoms with E-state index in [0.29, 0.717) is 0 Å². The summed E-state index contributed by atoms with van der Waals surface area (Å²) < 4.78 is 2.65. The highest BCUT2D eigenvalue weighted by Gasteiger charge is 2.23. The molecule has 0 aromatic carbocycles. The molecule has 11 heteroatoms. The first-order valence-corrected chi connectivity index (χ1v) is 6.98. The van der Waals surface area contributed by atoms with Gasteiger partial charge in [-0.3, -0.25) is 29.1 Å². The second-order valence-electron chi connectivity index (χ2n) is 5.13. The van der Waals surface area contributed by atoms with E-state index in [9.17, 15) is 19.7 Å². The number of rotatable bonds is 5. The largest absolute Gasteiger partial charge is 0.354 e. The van der Waals surface area contributed by atoms with Crippen LogP contribution in [0.5, 0.6) is 0 Å². The highest BCUT2D eigenvalue weighted by atomic mass is 16.6. The van der Waals surface area contributed by atoms with Gasteiger partial charge in [0.25, 0.3) is 5.91 Å². The third-order valence-corrected chi connectivity index (χ3v) is 3.36. The maximum atomic E-state index is 12.2. The van der Waals surface area contributed by atoms with Gasteiger partial charge < -0.3 is 10.6 Å². The molecule has 2 N–H and O–H groups in total. The Morgan fingerprint density at radius 1 is 1.33 bits per heavy atom. The predicted octanol–water partition coefficient (Wildman–Crippen LogP) is 0.140. The van der Waals surface area contributed by atoms with Crippen molar-refractivity contribution in [3.8, 4) is 0 Å². The number of carbonyl (C=O) groups is 2. The second kappa shape index (κ2) is 6.48. The third kappa shape index (κ3) is 3.24. The van der Waals surface area contributed by atoms with Gasteiger partial charge in [0.15, 0.2) is 5.69 Å². The Morgan fingerprint density at radius 3 is 2.54 bits per heavy atom. The Labute approximate surface area is 136 Å². The Bertz CT molecular complexity index is 821. The van der Waals surface area contributed by atoms with Crippen LogP contribution in [0.4, 0.5) is 11.4 Å². The number of nitrogens with zero attached hydrogens (tertiary/aromatic N) is 5. The van der Waals surface area contributed by atoms with Crippen LogP contribution in [-0.2, 0) is 18.4 Å². The molecule has 0 bridgehead atoms. The Balaban J connectivity index is 2.20. The van der Waals surface area contributed by atoms with Crippen molar-refractivity contribution in [3.63, 3.8) is 0 Å². The Hall–Kier alpha value is -3.24. The van der Waals surface area contributed by atoms with Crippen LogP contribution in [0.15, 0.2) is 6.20 Å². The van der Waals surface area contributed by atoms with Crippen molar-refractivity contribution in [1.82, 2.24) is 24.9 Å². The van der Waals surface area contributed by atoms with E-state index in [2.05, 4.69) is 20.8 Å². The average molecular weight is 335 g/mol. The van der Waals surface area contributed by atoms with Gasteiger partial charge >= 0.3 is 5.69 Å². The molecular weight excluding hydrogens is 318 g/mol. The van der Waals surface area contributed by atoms with Gasteiger partial charge in [0.2, 0.25) is 5.91 Å². The van der Waals surface area contributed by atoms with Crippen molar-refractivity contribution in [2.24, 2.45) is 7.05 Å². The zero-order valence-electron chi connectivity index (χ0n) is 13.7. The second-order valence-corrected chi connectivity index (χ2v) is 5.13. The summed E-state index contributed by atoms with van der Waals surface area (Å²) in [4.78, 5) is 34.4. The normalized spacial score (nSPS) is 10.5. The van der Waals surface area contributed by atoms with Crippen LogP contribution in [0.2, 0.25) is 0 Å². The first-order valence-electron chi connectivity index (χ1n) is 6.98. The van der Waals surface area contributed by atoms with Crippen LogP contribution >= 0.6 is 0 Å². The number of nitro groups is 1. The molecule has 0 aliphatic rings. The minimum Gasteiger partial charge on any atom is -0.354 e. The minimum atomic E-state index is -0.531. The molecule has 0 unspecified atom stereocenters. The topological polar surface area (TPSA) is 137 Å². The molecule has 2 heterocycles. The molecule has 0 aliphatic heterocycles. The van der Waals surface area contributed by atoms with E-state index in [1.807, 2.05) is 0 Å². The molecule has 2 amide bonds. The fourth-order valence-electron chi connectivity index (χ4n) is 2.30. The van der Waals surface area contributed by atoms with Crippen molar-refractivity contribution in [1.29, 1.82) is 0 Å². The summed E-state index contributed by atoms with van der Waals surface area (Å²) >= 11 is 0. The smallest absolute Gasteiger partial charge is 0.312 e. The van der Waals surface area contributed by atoms with Gasteiger partial charge in [0, 0.05) is 20.3 Å². The van der Waals surface area contributed by atoms with Gasteiger partial charge in [-0.1, -0.05) is 0 Å².